The van der Waals surface area contributed by atoms with Crippen LogP contribution in [0.3, 0.4) is 0 Å². The van der Waals surface area contributed by atoms with Gasteiger partial charge in [0, 0.05) is 19.6 Å². The van der Waals surface area contributed by atoms with Crippen LogP contribution in [0.15, 0.2) is 16.6 Å². The maximum atomic E-state index is 12.1. The van der Waals surface area contributed by atoms with Crippen molar-refractivity contribution in [3.63, 3.8) is 0 Å². The van der Waals surface area contributed by atoms with E-state index in [0.29, 0.717) is 29.7 Å². The Bertz CT molecular complexity index is 693. The maximum Gasteiger partial charge on any atom is 0.306 e. The first-order valence-electron chi connectivity index (χ1n) is 6.94. The van der Waals surface area contributed by atoms with Gasteiger partial charge in [0.2, 0.25) is 10.0 Å². The van der Waals surface area contributed by atoms with Crippen molar-refractivity contribution >= 4 is 37.3 Å². The zero-order valence-corrected chi connectivity index (χ0v) is 14.8. The average molecular weight is 392 g/mol. The Hall–Kier alpha value is -1.19. The highest BCUT2D eigenvalue weighted by Gasteiger charge is 2.35. The minimum atomic E-state index is -3.38. The molecule has 0 spiro atoms. The highest BCUT2D eigenvalue weighted by Crippen LogP contribution is 2.39. The molecule has 1 heterocycles. The van der Waals surface area contributed by atoms with E-state index in [9.17, 15) is 18.5 Å². The van der Waals surface area contributed by atoms with Gasteiger partial charge < -0.3 is 4.90 Å². The van der Waals surface area contributed by atoms with Crippen molar-refractivity contribution in [3.8, 4) is 0 Å². The number of hydrogen-bond acceptors (Lipinski definition) is 5. The van der Waals surface area contributed by atoms with Crippen molar-refractivity contribution in [2.75, 3.05) is 24.5 Å². The Labute approximate surface area is 138 Å². The molecule has 0 amide bonds. The Morgan fingerprint density at radius 1 is 1.50 bits per heavy atom. The lowest BCUT2D eigenvalue weighted by Crippen LogP contribution is -2.36. The van der Waals surface area contributed by atoms with Crippen molar-refractivity contribution in [2.45, 2.75) is 25.5 Å². The fourth-order valence-corrected chi connectivity index (χ4v) is 4.51. The van der Waals surface area contributed by atoms with Crippen LogP contribution in [0.1, 0.15) is 18.9 Å². The molecule has 1 fully saturated rings. The van der Waals surface area contributed by atoms with Crippen molar-refractivity contribution in [1.29, 1.82) is 0 Å². The summed E-state index contributed by atoms with van der Waals surface area (Å²) in [6.45, 7) is 4.59. The molecule has 2 rings (SSSR count). The molecule has 1 aromatic carbocycles. The number of halogens is 1. The number of nitro benzene ring substituents is 1. The van der Waals surface area contributed by atoms with E-state index in [1.54, 1.807) is 30.9 Å². The molecule has 1 atom stereocenters. The zero-order valence-electron chi connectivity index (χ0n) is 12.4. The lowest BCUT2D eigenvalue weighted by Gasteiger charge is -2.19. The van der Waals surface area contributed by atoms with Gasteiger partial charge in [-0.3, -0.25) is 10.1 Å². The number of nitrogens with one attached hydrogen (secondary N) is 1. The maximum absolute atomic E-state index is 12.1. The smallest absolute Gasteiger partial charge is 0.306 e. The molecule has 9 heteroatoms. The van der Waals surface area contributed by atoms with Gasteiger partial charge in [-0.15, -0.1) is 0 Å². The van der Waals surface area contributed by atoms with Crippen LogP contribution < -0.4 is 9.62 Å². The standard InChI is InChI=1S/C13H18BrN3O4S/c1-3-15-22(20,21)10-6-7-16(8-10)11-5-4-9(2)12(14)13(11)17(18)19/h4-5,10,15H,3,6-8H2,1-2H3. The van der Waals surface area contributed by atoms with Crippen LogP contribution in [0.5, 0.6) is 0 Å². The van der Waals surface area contributed by atoms with Crippen LogP contribution in [-0.4, -0.2) is 38.2 Å². The minimum absolute atomic E-state index is 0.0125. The predicted molar refractivity (Wildman–Crippen MR) is 88.7 cm³/mol. The molecule has 0 bridgehead atoms. The molecule has 1 aliphatic rings. The summed E-state index contributed by atoms with van der Waals surface area (Å²) in [7, 11) is -3.38. The molecule has 1 saturated heterocycles. The lowest BCUT2D eigenvalue weighted by atomic mass is 10.2. The monoisotopic (exact) mass is 391 g/mol. The van der Waals surface area contributed by atoms with Gasteiger partial charge in [-0.2, -0.15) is 0 Å². The first kappa shape index (κ1) is 17.2. The third kappa shape index (κ3) is 3.26. The van der Waals surface area contributed by atoms with E-state index in [-0.39, 0.29) is 12.2 Å². The van der Waals surface area contributed by atoms with Gasteiger partial charge in [0.1, 0.15) is 10.2 Å². The molecule has 0 aliphatic carbocycles. The van der Waals surface area contributed by atoms with Crippen molar-refractivity contribution in [2.24, 2.45) is 0 Å². The molecule has 122 valence electrons. The summed E-state index contributed by atoms with van der Waals surface area (Å²) >= 11 is 3.26. The van der Waals surface area contributed by atoms with E-state index in [1.165, 1.54) is 0 Å². The number of aryl methyl sites for hydroxylation is 1. The topological polar surface area (TPSA) is 92.6 Å². The number of anilines is 1. The molecule has 0 aromatic heterocycles. The molecule has 1 unspecified atom stereocenters. The summed E-state index contributed by atoms with van der Waals surface area (Å²) < 4.78 is 27.1. The molecule has 22 heavy (non-hydrogen) atoms. The average Bonchev–Trinajstić information content (AvgIpc) is 2.91. The van der Waals surface area contributed by atoms with Crippen LogP contribution in [0.4, 0.5) is 11.4 Å². The second kappa shape index (κ2) is 6.51. The molecular formula is C13H18BrN3O4S. The number of sulfonamides is 1. The van der Waals surface area contributed by atoms with Gasteiger partial charge in [-0.25, -0.2) is 13.1 Å². The largest absolute Gasteiger partial charge is 0.365 e. The first-order valence-corrected chi connectivity index (χ1v) is 9.28. The van der Waals surface area contributed by atoms with Gasteiger partial charge in [-0.05, 0) is 40.9 Å². The van der Waals surface area contributed by atoms with Crippen LogP contribution in [-0.2, 0) is 10.0 Å². The normalized spacial score (nSPS) is 18.7. The van der Waals surface area contributed by atoms with E-state index < -0.39 is 20.2 Å². The fourth-order valence-electron chi connectivity index (χ4n) is 2.60. The number of nitrogens with zero attached hydrogens (tertiary/aromatic N) is 2. The highest BCUT2D eigenvalue weighted by molar-refractivity contribution is 9.10. The highest BCUT2D eigenvalue weighted by atomic mass is 79.9. The Morgan fingerprint density at radius 2 is 2.18 bits per heavy atom. The minimum Gasteiger partial charge on any atom is -0.365 e. The number of nitro groups is 1. The Kier molecular flexibility index (Phi) is 5.08. The van der Waals surface area contributed by atoms with Crippen LogP contribution >= 0.6 is 15.9 Å². The summed E-state index contributed by atoms with van der Waals surface area (Å²) in [4.78, 5) is 12.7. The zero-order chi connectivity index (χ0) is 16.5. The van der Waals surface area contributed by atoms with E-state index in [1.807, 2.05) is 0 Å². The van der Waals surface area contributed by atoms with Crippen molar-refractivity contribution < 1.29 is 13.3 Å². The quantitative estimate of drug-likeness (QED) is 0.613. The van der Waals surface area contributed by atoms with Crippen molar-refractivity contribution in [1.82, 2.24) is 4.72 Å². The van der Waals surface area contributed by atoms with E-state index in [0.717, 1.165) is 5.56 Å². The van der Waals surface area contributed by atoms with Gasteiger partial charge in [0.25, 0.3) is 0 Å². The SMILES string of the molecule is CCNS(=O)(=O)C1CCN(c2ccc(C)c(Br)c2[N+](=O)[O-])C1. The van der Waals surface area contributed by atoms with Crippen LogP contribution in [0.2, 0.25) is 0 Å². The van der Waals surface area contributed by atoms with Crippen LogP contribution in [0.25, 0.3) is 0 Å². The van der Waals surface area contributed by atoms with E-state index in [2.05, 4.69) is 20.7 Å². The van der Waals surface area contributed by atoms with Crippen molar-refractivity contribution in [3.05, 3.63) is 32.3 Å². The summed E-state index contributed by atoms with van der Waals surface area (Å²) in [5.41, 5.74) is 1.21. The van der Waals surface area contributed by atoms with Gasteiger partial charge in [-0.1, -0.05) is 13.0 Å². The summed E-state index contributed by atoms with van der Waals surface area (Å²) in [6.07, 6.45) is 0.456. The van der Waals surface area contributed by atoms with Gasteiger partial charge in [0.05, 0.1) is 10.2 Å². The molecule has 1 aliphatic heterocycles. The molecule has 0 radical (unpaired) electrons. The molecule has 0 saturated carbocycles. The molecule has 7 nitrogen and oxygen atoms in total. The number of benzene rings is 1. The Balaban J connectivity index is 2.32. The lowest BCUT2D eigenvalue weighted by molar-refractivity contribution is -0.385. The molecular weight excluding hydrogens is 374 g/mol. The van der Waals surface area contributed by atoms with E-state index >= 15 is 0 Å². The van der Waals surface area contributed by atoms with E-state index in [4.69, 9.17) is 0 Å². The third-order valence-electron chi connectivity index (χ3n) is 3.74. The fraction of sp³-hybridized carbons (Fsp3) is 0.538. The molecule has 1 aromatic rings. The summed E-state index contributed by atoms with van der Waals surface area (Å²) in [5, 5.41) is 10.8. The second-order valence-electron chi connectivity index (χ2n) is 5.22. The molecule has 1 N–H and O–H groups in total. The predicted octanol–water partition coefficient (Wildman–Crippen LogP) is 2.18. The van der Waals surface area contributed by atoms with Gasteiger partial charge >= 0.3 is 5.69 Å². The summed E-state index contributed by atoms with van der Waals surface area (Å²) in [5.74, 6) is 0. The van der Waals surface area contributed by atoms with Gasteiger partial charge in [0.15, 0.2) is 0 Å². The number of hydrogen-bond donors (Lipinski definition) is 1. The first-order chi connectivity index (χ1) is 10.3. The Morgan fingerprint density at radius 3 is 2.77 bits per heavy atom. The summed E-state index contributed by atoms with van der Waals surface area (Å²) in [6, 6.07) is 3.47. The van der Waals surface area contributed by atoms with Crippen LogP contribution in [0, 0.1) is 17.0 Å². The number of rotatable bonds is 5. The third-order valence-corrected chi connectivity index (χ3v) is 6.70. The second-order valence-corrected chi connectivity index (χ2v) is 8.06.